The molecule has 0 amide bonds. The van der Waals surface area contributed by atoms with Crippen molar-refractivity contribution >= 4 is 0 Å². The van der Waals surface area contributed by atoms with Gasteiger partial charge in [0.15, 0.2) is 5.82 Å². The number of tetrazole rings is 1. The Balaban J connectivity index is 1.83. The highest BCUT2D eigenvalue weighted by Gasteiger charge is 2.16. The molecule has 1 aliphatic rings. The summed E-state index contributed by atoms with van der Waals surface area (Å²) < 4.78 is 7.40. The van der Waals surface area contributed by atoms with Crippen LogP contribution in [0, 0.1) is 0 Å². The van der Waals surface area contributed by atoms with E-state index in [-0.39, 0.29) is 0 Å². The van der Waals surface area contributed by atoms with Crippen molar-refractivity contribution < 1.29 is 4.74 Å². The van der Waals surface area contributed by atoms with E-state index in [1.165, 1.54) is 12.8 Å². The molecule has 1 aromatic rings. The first-order valence-corrected chi connectivity index (χ1v) is 5.41. The summed E-state index contributed by atoms with van der Waals surface area (Å²) in [4.78, 5) is 0. The van der Waals surface area contributed by atoms with Crippen LogP contribution in [0.2, 0.25) is 0 Å². The number of aryl methyl sites for hydroxylation is 1. The van der Waals surface area contributed by atoms with Crippen LogP contribution in [0.4, 0.5) is 0 Å². The zero-order chi connectivity index (χ0) is 10.5. The lowest BCUT2D eigenvalue weighted by atomic mass is 10.2. The van der Waals surface area contributed by atoms with Crippen molar-refractivity contribution in [3.63, 3.8) is 0 Å². The van der Waals surface area contributed by atoms with E-state index in [9.17, 15) is 0 Å². The predicted octanol–water partition coefficient (Wildman–Crippen LogP) is -0.0384. The van der Waals surface area contributed by atoms with Gasteiger partial charge in [-0.15, -0.1) is 5.10 Å². The number of rotatable bonds is 5. The Kier molecular flexibility index (Phi) is 3.63. The molecule has 1 aromatic heterocycles. The third-order valence-corrected chi connectivity index (χ3v) is 2.63. The molecule has 0 aliphatic carbocycles. The maximum Gasteiger partial charge on any atom is 0.165 e. The molecule has 1 atom stereocenters. The van der Waals surface area contributed by atoms with Gasteiger partial charge in [0.05, 0.1) is 12.6 Å². The van der Waals surface area contributed by atoms with Crippen LogP contribution in [-0.4, -0.2) is 40.0 Å². The van der Waals surface area contributed by atoms with E-state index < -0.39 is 0 Å². The van der Waals surface area contributed by atoms with Crippen LogP contribution in [0.25, 0.3) is 0 Å². The van der Waals surface area contributed by atoms with Crippen molar-refractivity contribution in [1.29, 1.82) is 0 Å². The second kappa shape index (κ2) is 5.18. The van der Waals surface area contributed by atoms with E-state index in [0.717, 1.165) is 25.4 Å². The van der Waals surface area contributed by atoms with Crippen molar-refractivity contribution in [1.82, 2.24) is 25.5 Å². The third kappa shape index (κ3) is 2.73. The molecule has 1 N–H and O–H groups in total. The van der Waals surface area contributed by atoms with Gasteiger partial charge in [-0.1, -0.05) is 0 Å². The van der Waals surface area contributed by atoms with Gasteiger partial charge >= 0.3 is 0 Å². The van der Waals surface area contributed by atoms with Crippen LogP contribution < -0.4 is 5.32 Å². The molecule has 1 aliphatic heterocycles. The second-order valence-electron chi connectivity index (χ2n) is 3.77. The van der Waals surface area contributed by atoms with Gasteiger partial charge in [-0.3, -0.25) is 0 Å². The number of nitrogens with zero attached hydrogens (tertiary/aromatic N) is 4. The fourth-order valence-corrected chi connectivity index (χ4v) is 1.82. The quantitative estimate of drug-likeness (QED) is 0.740. The summed E-state index contributed by atoms with van der Waals surface area (Å²) in [6, 6.07) is 0. The predicted molar refractivity (Wildman–Crippen MR) is 54.2 cm³/mol. The first-order valence-electron chi connectivity index (χ1n) is 5.41. The zero-order valence-electron chi connectivity index (χ0n) is 9.02. The molecule has 0 radical (unpaired) electrons. The molecule has 1 unspecified atom stereocenters. The first kappa shape index (κ1) is 10.5. The maximum atomic E-state index is 5.55. The Hall–Kier alpha value is -1.01. The molecule has 15 heavy (non-hydrogen) atoms. The van der Waals surface area contributed by atoms with Crippen LogP contribution in [0.15, 0.2) is 0 Å². The minimum atomic E-state index is 0.400. The average molecular weight is 211 g/mol. The first-order chi connectivity index (χ1) is 7.40. The van der Waals surface area contributed by atoms with Gasteiger partial charge in [-0.05, 0) is 36.7 Å². The summed E-state index contributed by atoms with van der Waals surface area (Å²) in [7, 11) is 1.89. The molecule has 0 bridgehead atoms. The smallest absolute Gasteiger partial charge is 0.165 e. The minimum absolute atomic E-state index is 0.400. The minimum Gasteiger partial charge on any atom is -0.378 e. The highest BCUT2D eigenvalue weighted by molar-refractivity contribution is 4.79. The second-order valence-corrected chi connectivity index (χ2v) is 3.77. The van der Waals surface area contributed by atoms with Crippen LogP contribution in [0.5, 0.6) is 0 Å². The van der Waals surface area contributed by atoms with Gasteiger partial charge < -0.3 is 10.1 Å². The molecule has 6 nitrogen and oxygen atoms in total. The molecule has 1 saturated heterocycles. The molecule has 2 heterocycles. The lowest BCUT2D eigenvalue weighted by Crippen LogP contribution is -2.16. The summed E-state index contributed by atoms with van der Waals surface area (Å²) >= 11 is 0. The van der Waals surface area contributed by atoms with Gasteiger partial charge in [-0.2, -0.15) is 0 Å². The summed E-state index contributed by atoms with van der Waals surface area (Å²) in [6.07, 6.45) is 3.76. The summed E-state index contributed by atoms with van der Waals surface area (Å²) in [5.41, 5.74) is 0. The van der Waals surface area contributed by atoms with E-state index in [0.29, 0.717) is 12.6 Å². The molecule has 0 saturated carbocycles. The summed E-state index contributed by atoms with van der Waals surface area (Å²) in [6.45, 7) is 2.46. The number of hydrogen-bond donors (Lipinski definition) is 1. The molecular weight excluding hydrogens is 194 g/mol. The van der Waals surface area contributed by atoms with Crippen LogP contribution >= 0.6 is 0 Å². The van der Waals surface area contributed by atoms with Crippen molar-refractivity contribution in [2.75, 3.05) is 13.7 Å². The third-order valence-electron chi connectivity index (χ3n) is 2.63. The van der Waals surface area contributed by atoms with Gasteiger partial charge in [0, 0.05) is 13.2 Å². The highest BCUT2D eigenvalue weighted by Crippen LogP contribution is 2.15. The van der Waals surface area contributed by atoms with Gasteiger partial charge in [0.2, 0.25) is 0 Å². The van der Waals surface area contributed by atoms with Crippen LogP contribution in [0.3, 0.4) is 0 Å². The van der Waals surface area contributed by atoms with Crippen LogP contribution in [0.1, 0.15) is 25.1 Å². The molecule has 0 spiro atoms. The van der Waals surface area contributed by atoms with Gasteiger partial charge in [-0.25, -0.2) is 4.68 Å². The van der Waals surface area contributed by atoms with Crippen molar-refractivity contribution in [3.8, 4) is 0 Å². The molecule has 84 valence electrons. The number of aromatic nitrogens is 4. The van der Waals surface area contributed by atoms with E-state index in [1.807, 2.05) is 11.7 Å². The fraction of sp³-hybridized carbons (Fsp3) is 0.889. The highest BCUT2D eigenvalue weighted by atomic mass is 16.5. The van der Waals surface area contributed by atoms with E-state index in [1.54, 1.807) is 0 Å². The van der Waals surface area contributed by atoms with Crippen LogP contribution in [-0.2, 0) is 17.8 Å². The van der Waals surface area contributed by atoms with Gasteiger partial charge in [0.1, 0.15) is 0 Å². The van der Waals surface area contributed by atoms with Crippen molar-refractivity contribution in [2.24, 2.45) is 0 Å². The normalized spacial score (nSPS) is 21.0. The zero-order valence-corrected chi connectivity index (χ0v) is 9.02. The average Bonchev–Trinajstić information content (AvgIpc) is 2.85. The molecule has 6 heteroatoms. The number of ether oxygens (including phenoxy) is 1. The standard InChI is InChI=1S/C9H17N5O/c1-10-7-9-11-12-13-14(9)5-4-8-3-2-6-15-8/h8,10H,2-7H2,1H3. The lowest BCUT2D eigenvalue weighted by Gasteiger charge is -2.09. The van der Waals surface area contributed by atoms with Gasteiger partial charge in [0.25, 0.3) is 0 Å². The number of nitrogens with one attached hydrogen (secondary N) is 1. The maximum absolute atomic E-state index is 5.55. The summed E-state index contributed by atoms with van der Waals surface area (Å²) in [5, 5.41) is 14.6. The molecule has 0 aromatic carbocycles. The molecule has 1 fully saturated rings. The Bertz CT molecular complexity index is 294. The number of hydrogen-bond acceptors (Lipinski definition) is 5. The van der Waals surface area contributed by atoms with E-state index in [2.05, 4.69) is 20.8 Å². The summed E-state index contributed by atoms with van der Waals surface area (Å²) in [5.74, 6) is 0.885. The largest absolute Gasteiger partial charge is 0.378 e. The lowest BCUT2D eigenvalue weighted by molar-refractivity contribution is 0.0990. The SMILES string of the molecule is CNCc1nnnn1CCC1CCCO1. The monoisotopic (exact) mass is 211 g/mol. The molecular formula is C9H17N5O. The molecule has 2 rings (SSSR count). The van der Waals surface area contributed by atoms with E-state index in [4.69, 9.17) is 4.74 Å². The Morgan fingerprint density at radius 2 is 2.53 bits per heavy atom. The fourth-order valence-electron chi connectivity index (χ4n) is 1.82. The Morgan fingerprint density at radius 3 is 3.27 bits per heavy atom. The van der Waals surface area contributed by atoms with Crippen molar-refractivity contribution in [2.45, 2.75) is 38.5 Å². The Morgan fingerprint density at radius 1 is 1.60 bits per heavy atom. The Labute approximate surface area is 89.0 Å². The topological polar surface area (TPSA) is 64.9 Å². The van der Waals surface area contributed by atoms with E-state index >= 15 is 0 Å². The van der Waals surface area contributed by atoms with Crippen molar-refractivity contribution in [3.05, 3.63) is 5.82 Å².